The molecule has 0 amide bonds. The minimum Gasteiger partial charge on any atom is -0.508 e. The zero-order valence-corrected chi connectivity index (χ0v) is 9.93. The number of hydrogen-bond acceptors (Lipinski definition) is 3. The first-order valence-electron chi connectivity index (χ1n) is 5.70. The van der Waals surface area contributed by atoms with E-state index in [1.807, 2.05) is 13.0 Å². The van der Waals surface area contributed by atoms with E-state index in [4.69, 9.17) is 9.15 Å². The van der Waals surface area contributed by atoms with Gasteiger partial charge in [-0.1, -0.05) is 13.0 Å². The summed E-state index contributed by atoms with van der Waals surface area (Å²) in [6.45, 7) is 4.10. The lowest BCUT2D eigenvalue weighted by molar-refractivity contribution is 0.0627. The summed E-state index contributed by atoms with van der Waals surface area (Å²) < 4.78 is 10.7. The van der Waals surface area contributed by atoms with E-state index in [0.717, 1.165) is 11.6 Å². The molecule has 1 aromatic heterocycles. The van der Waals surface area contributed by atoms with Gasteiger partial charge in [-0.15, -0.1) is 0 Å². The van der Waals surface area contributed by atoms with Gasteiger partial charge in [-0.3, -0.25) is 0 Å². The summed E-state index contributed by atoms with van der Waals surface area (Å²) in [4.78, 5) is 0. The van der Waals surface area contributed by atoms with Gasteiger partial charge < -0.3 is 14.3 Å². The summed E-state index contributed by atoms with van der Waals surface area (Å²) in [5.74, 6) is 0.623. The van der Waals surface area contributed by atoms with Crippen LogP contribution in [-0.2, 0) is 4.74 Å². The molecule has 0 saturated heterocycles. The first kappa shape index (κ1) is 11.3. The standard InChI is InChI=1S/C13H18O3/c1-4-9-7-10-5-6-16-13(10)12(14)11(9)8(2)15-3/h5-9,11,14H,4H2,1-3H3. The molecule has 1 heterocycles. The van der Waals surface area contributed by atoms with Gasteiger partial charge in [0, 0.05) is 12.3 Å². The van der Waals surface area contributed by atoms with Gasteiger partial charge in [-0.25, -0.2) is 0 Å². The number of fused-ring (bicyclic) bond motifs is 1. The van der Waals surface area contributed by atoms with Gasteiger partial charge in [0.2, 0.25) is 0 Å². The molecule has 3 unspecified atom stereocenters. The molecule has 1 aromatic rings. The Bertz CT molecular complexity index is 472. The summed E-state index contributed by atoms with van der Waals surface area (Å²) >= 11 is 0. The quantitative estimate of drug-likeness (QED) is 0.841. The molecule has 1 N–H and O–H groups in total. The Hall–Kier alpha value is -1.22. The highest BCUT2D eigenvalue weighted by atomic mass is 16.5. The van der Waals surface area contributed by atoms with Crippen LogP contribution in [0, 0.1) is 11.8 Å². The first-order valence-corrected chi connectivity index (χ1v) is 5.70. The first-order chi connectivity index (χ1) is 7.69. The normalized spacial score (nSPS) is 26.1. The molecular weight excluding hydrogens is 204 g/mol. The Morgan fingerprint density at radius 3 is 2.94 bits per heavy atom. The van der Waals surface area contributed by atoms with Crippen molar-refractivity contribution in [2.75, 3.05) is 7.11 Å². The molecule has 0 saturated carbocycles. The zero-order chi connectivity index (χ0) is 11.7. The van der Waals surface area contributed by atoms with Crippen molar-refractivity contribution in [2.24, 2.45) is 11.8 Å². The van der Waals surface area contributed by atoms with E-state index in [1.54, 1.807) is 13.4 Å². The molecule has 1 aliphatic rings. The maximum atomic E-state index is 10.2. The van der Waals surface area contributed by atoms with Crippen LogP contribution in [0.5, 0.6) is 0 Å². The Balaban J connectivity index is 2.54. The number of aliphatic hydroxyl groups excluding tert-OH is 1. The second-order valence-corrected chi connectivity index (χ2v) is 4.30. The summed E-state index contributed by atoms with van der Waals surface area (Å²) in [7, 11) is 1.67. The van der Waals surface area contributed by atoms with Crippen molar-refractivity contribution in [3.63, 3.8) is 0 Å². The molecule has 88 valence electrons. The fourth-order valence-corrected chi connectivity index (χ4v) is 2.44. The van der Waals surface area contributed by atoms with E-state index in [-0.39, 0.29) is 12.0 Å². The molecule has 0 spiro atoms. The predicted molar refractivity (Wildman–Crippen MR) is 62.2 cm³/mol. The van der Waals surface area contributed by atoms with Crippen molar-refractivity contribution in [3.8, 4) is 0 Å². The lowest BCUT2D eigenvalue weighted by Crippen LogP contribution is -2.39. The van der Waals surface area contributed by atoms with Crippen molar-refractivity contribution >= 4 is 11.8 Å². The topological polar surface area (TPSA) is 42.6 Å². The van der Waals surface area contributed by atoms with E-state index in [2.05, 4.69) is 13.0 Å². The third kappa shape index (κ3) is 1.65. The second-order valence-electron chi connectivity index (χ2n) is 4.30. The molecule has 2 rings (SSSR count). The third-order valence-corrected chi connectivity index (χ3v) is 3.45. The number of methoxy groups -OCH3 is 1. The molecule has 1 aliphatic carbocycles. The molecule has 0 bridgehead atoms. The van der Waals surface area contributed by atoms with Crippen molar-refractivity contribution in [1.29, 1.82) is 0 Å². The van der Waals surface area contributed by atoms with Crippen LogP contribution < -0.4 is 10.6 Å². The van der Waals surface area contributed by atoms with Crippen LogP contribution >= 0.6 is 0 Å². The van der Waals surface area contributed by atoms with Gasteiger partial charge in [0.25, 0.3) is 0 Å². The molecule has 16 heavy (non-hydrogen) atoms. The molecule has 0 aliphatic heterocycles. The van der Waals surface area contributed by atoms with Gasteiger partial charge >= 0.3 is 0 Å². The molecule has 3 nitrogen and oxygen atoms in total. The molecular formula is C13H18O3. The highest BCUT2D eigenvalue weighted by molar-refractivity contribution is 5.47. The number of aliphatic hydroxyl groups is 1. The van der Waals surface area contributed by atoms with E-state index in [1.165, 1.54) is 0 Å². The van der Waals surface area contributed by atoms with Gasteiger partial charge in [0.05, 0.1) is 18.3 Å². The van der Waals surface area contributed by atoms with Crippen LogP contribution in [0.2, 0.25) is 0 Å². The van der Waals surface area contributed by atoms with Gasteiger partial charge in [-0.05, 0) is 25.3 Å². The lowest BCUT2D eigenvalue weighted by atomic mass is 9.81. The minimum atomic E-state index is -0.0144. The van der Waals surface area contributed by atoms with E-state index in [0.29, 0.717) is 17.1 Å². The highest BCUT2D eigenvalue weighted by Crippen LogP contribution is 2.29. The number of furan rings is 1. The van der Waals surface area contributed by atoms with Gasteiger partial charge in [0.1, 0.15) is 5.76 Å². The summed E-state index contributed by atoms with van der Waals surface area (Å²) in [5, 5.41) is 11.2. The fourth-order valence-electron chi connectivity index (χ4n) is 2.44. The predicted octanol–water partition coefficient (Wildman–Crippen LogP) is 1.42. The van der Waals surface area contributed by atoms with Gasteiger partial charge in [0.15, 0.2) is 5.42 Å². The van der Waals surface area contributed by atoms with E-state index >= 15 is 0 Å². The van der Waals surface area contributed by atoms with E-state index in [9.17, 15) is 5.11 Å². The van der Waals surface area contributed by atoms with Gasteiger partial charge in [-0.2, -0.15) is 0 Å². The fraction of sp³-hybridized carbons (Fsp3) is 0.538. The van der Waals surface area contributed by atoms with Crippen LogP contribution in [-0.4, -0.2) is 18.3 Å². The number of rotatable bonds is 3. The lowest BCUT2D eigenvalue weighted by Gasteiger charge is -2.29. The monoisotopic (exact) mass is 222 g/mol. The van der Waals surface area contributed by atoms with Crippen LogP contribution in [0.25, 0.3) is 11.8 Å². The summed E-state index contributed by atoms with van der Waals surface area (Å²) in [5.41, 5.74) is 0.596. The maximum absolute atomic E-state index is 10.2. The van der Waals surface area contributed by atoms with Crippen LogP contribution in [0.3, 0.4) is 0 Å². The SMILES string of the molecule is CCC1C=c2ccoc2=C(O)C1C(C)OC. The largest absolute Gasteiger partial charge is 0.508 e. The maximum Gasteiger partial charge on any atom is 0.171 e. The number of hydrogen-bond donors (Lipinski definition) is 1. The van der Waals surface area contributed by atoms with Crippen LogP contribution in [0.4, 0.5) is 0 Å². The Labute approximate surface area is 95.0 Å². The highest BCUT2D eigenvalue weighted by Gasteiger charge is 2.31. The molecule has 3 atom stereocenters. The second kappa shape index (κ2) is 4.34. The summed E-state index contributed by atoms with van der Waals surface area (Å²) in [6.07, 6.45) is 4.75. The van der Waals surface area contributed by atoms with Crippen LogP contribution in [0.1, 0.15) is 20.3 Å². The summed E-state index contributed by atoms with van der Waals surface area (Å²) in [6, 6.07) is 1.89. The minimum absolute atomic E-state index is 0.00588. The van der Waals surface area contributed by atoms with Crippen molar-refractivity contribution in [1.82, 2.24) is 0 Å². The van der Waals surface area contributed by atoms with Crippen LogP contribution in [0.15, 0.2) is 16.7 Å². The Morgan fingerprint density at radius 1 is 1.56 bits per heavy atom. The Morgan fingerprint density at radius 2 is 2.31 bits per heavy atom. The molecule has 0 fully saturated rings. The molecule has 0 aromatic carbocycles. The smallest absolute Gasteiger partial charge is 0.171 e. The van der Waals surface area contributed by atoms with Crippen molar-refractivity contribution < 1.29 is 14.3 Å². The third-order valence-electron chi connectivity index (χ3n) is 3.45. The zero-order valence-electron chi connectivity index (χ0n) is 9.93. The van der Waals surface area contributed by atoms with E-state index < -0.39 is 0 Å². The average molecular weight is 222 g/mol. The number of ether oxygens (including phenoxy) is 1. The Kier molecular flexibility index (Phi) is 3.06. The van der Waals surface area contributed by atoms with Crippen molar-refractivity contribution in [2.45, 2.75) is 26.4 Å². The molecule has 0 radical (unpaired) electrons. The molecule has 3 heteroatoms. The average Bonchev–Trinajstić information content (AvgIpc) is 2.76. The van der Waals surface area contributed by atoms with Crippen molar-refractivity contribution in [3.05, 3.63) is 23.0 Å².